The maximum Gasteiger partial charge on any atom is 0.255 e. The molecule has 6 nitrogen and oxygen atoms in total. The summed E-state index contributed by atoms with van der Waals surface area (Å²) in [6.45, 7) is 1.32. The number of halogens is 2. The van der Waals surface area contributed by atoms with Crippen molar-refractivity contribution in [2.45, 2.75) is 6.42 Å². The Hall–Kier alpha value is -2.70. The minimum Gasteiger partial charge on any atom is -0.338 e. The number of anilines is 1. The molecule has 0 bridgehead atoms. The fraction of sp³-hybridized carbons (Fsp3) is 0.200. The van der Waals surface area contributed by atoms with Gasteiger partial charge in [-0.2, -0.15) is 0 Å². The number of nitrogens with zero attached hydrogens (tertiary/aromatic N) is 5. The van der Waals surface area contributed by atoms with Gasteiger partial charge >= 0.3 is 0 Å². The Labute approximate surface area is 172 Å². The Morgan fingerprint density at radius 2 is 1.96 bits per heavy atom. The second kappa shape index (κ2) is 7.73. The zero-order valence-corrected chi connectivity index (χ0v) is 16.7. The first-order chi connectivity index (χ1) is 13.5. The van der Waals surface area contributed by atoms with Gasteiger partial charge in [0.15, 0.2) is 0 Å². The maximum atomic E-state index is 12.5. The first-order valence-corrected chi connectivity index (χ1v) is 9.52. The van der Waals surface area contributed by atoms with Crippen molar-refractivity contribution in [2.24, 2.45) is 7.05 Å². The van der Waals surface area contributed by atoms with Gasteiger partial charge in [0.25, 0.3) is 5.56 Å². The van der Waals surface area contributed by atoms with E-state index in [1.54, 1.807) is 36.0 Å². The standard InChI is InChI=1S/C20H17Cl2N5O/c1-26-19(28)10-18(17-6-7-23-12-24-17)25-20(26)27-8-2-3-13(11-27)15-9-14(21)4-5-16(15)22/h3-7,9-10,12H,2,8,11H2,1H3. The lowest BCUT2D eigenvalue weighted by Gasteiger charge is -2.30. The zero-order chi connectivity index (χ0) is 19.7. The summed E-state index contributed by atoms with van der Waals surface area (Å²) < 4.78 is 1.55. The molecule has 0 aliphatic carbocycles. The molecule has 2 aromatic heterocycles. The van der Waals surface area contributed by atoms with E-state index in [1.165, 1.54) is 12.4 Å². The number of hydrogen-bond donors (Lipinski definition) is 0. The second-order valence-electron chi connectivity index (χ2n) is 6.50. The molecule has 1 aliphatic rings. The third kappa shape index (κ3) is 3.66. The van der Waals surface area contributed by atoms with Crippen molar-refractivity contribution in [3.8, 4) is 11.4 Å². The van der Waals surface area contributed by atoms with Crippen LogP contribution in [0.5, 0.6) is 0 Å². The van der Waals surface area contributed by atoms with Crippen LogP contribution in [-0.4, -0.2) is 32.6 Å². The number of aromatic nitrogens is 4. The average molecular weight is 414 g/mol. The summed E-state index contributed by atoms with van der Waals surface area (Å²) in [5.74, 6) is 0.588. The Morgan fingerprint density at radius 1 is 1.11 bits per heavy atom. The number of hydrogen-bond acceptors (Lipinski definition) is 5. The molecule has 1 aromatic carbocycles. The van der Waals surface area contributed by atoms with Gasteiger partial charge < -0.3 is 4.90 Å². The van der Waals surface area contributed by atoms with E-state index >= 15 is 0 Å². The molecule has 142 valence electrons. The molecule has 1 aliphatic heterocycles. The van der Waals surface area contributed by atoms with Crippen molar-refractivity contribution in [3.05, 3.63) is 74.9 Å². The van der Waals surface area contributed by atoms with Gasteiger partial charge in [-0.3, -0.25) is 9.36 Å². The highest BCUT2D eigenvalue weighted by atomic mass is 35.5. The first-order valence-electron chi connectivity index (χ1n) is 8.77. The predicted molar refractivity (Wildman–Crippen MR) is 112 cm³/mol. The van der Waals surface area contributed by atoms with Gasteiger partial charge in [-0.1, -0.05) is 29.3 Å². The highest BCUT2D eigenvalue weighted by molar-refractivity contribution is 6.34. The van der Waals surface area contributed by atoms with Crippen molar-refractivity contribution in [2.75, 3.05) is 18.0 Å². The number of benzene rings is 1. The van der Waals surface area contributed by atoms with Gasteiger partial charge in [-0.25, -0.2) is 15.0 Å². The van der Waals surface area contributed by atoms with E-state index in [9.17, 15) is 4.79 Å². The first kappa shape index (κ1) is 18.7. The van der Waals surface area contributed by atoms with Crippen molar-refractivity contribution < 1.29 is 0 Å². The van der Waals surface area contributed by atoms with E-state index < -0.39 is 0 Å². The summed E-state index contributed by atoms with van der Waals surface area (Å²) >= 11 is 12.5. The quantitative estimate of drug-likeness (QED) is 0.652. The molecule has 28 heavy (non-hydrogen) atoms. The Bertz CT molecular complexity index is 1110. The van der Waals surface area contributed by atoms with E-state index in [0.717, 1.165) is 24.1 Å². The maximum absolute atomic E-state index is 12.5. The summed E-state index contributed by atoms with van der Waals surface area (Å²) in [5, 5.41) is 1.28. The molecule has 0 unspecified atom stereocenters. The van der Waals surface area contributed by atoms with Crippen LogP contribution >= 0.6 is 23.2 Å². The van der Waals surface area contributed by atoms with Crippen molar-refractivity contribution >= 4 is 34.7 Å². The summed E-state index contributed by atoms with van der Waals surface area (Å²) in [6, 6.07) is 8.65. The van der Waals surface area contributed by atoms with Gasteiger partial charge in [0.1, 0.15) is 6.33 Å². The van der Waals surface area contributed by atoms with E-state index in [-0.39, 0.29) is 5.56 Å². The van der Waals surface area contributed by atoms with Crippen LogP contribution in [0.2, 0.25) is 10.0 Å². The fourth-order valence-electron chi connectivity index (χ4n) is 3.24. The fourth-order valence-corrected chi connectivity index (χ4v) is 3.65. The SMILES string of the molecule is Cn1c(N2CCC=C(c3cc(Cl)ccc3Cl)C2)nc(-c2ccncn2)cc1=O. The van der Waals surface area contributed by atoms with Crippen LogP contribution in [0.25, 0.3) is 17.0 Å². The average Bonchev–Trinajstić information content (AvgIpc) is 2.72. The van der Waals surface area contributed by atoms with Crippen LogP contribution in [0.15, 0.2) is 53.7 Å². The molecule has 4 rings (SSSR count). The van der Waals surface area contributed by atoms with E-state index in [0.29, 0.717) is 33.9 Å². The normalized spacial score (nSPS) is 14.1. The predicted octanol–water partition coefficient (Wildman–Crippen LogP) is 3.84. The van der Waals surface area contributed by atoms with Gasteiger partial charge in [-0.15, -0.1) is 0 Å². The molecule has 0 radical (unpaired) electrons. The van der Waals surface area contributed by atoms with Crippen molar-refractivity contribution in [1.82, 2.24) is 19.5 Å². The lowest BCUT2D eigenvalue weighted by atomic mass is 10.0. The largest absolute Gasteiger partial charge is 0.338 e. The molecule has 0 N–H and O–H groups in total. The molecule has 0 fully saturated rings. The molecule has 0 amide bonds. The van der Waals surface area contributed by atoms with E-state index in [2.05, 4.69) is 20.9 Å². The minimum absolute atomic E-state index is 0.143. The van der Waals surface area contributed by atoms with Crippen molar-refractivity contribution in [1.29, 1.82) is 0 Å². The Kier molecular flexibility index (Phi) is 5.15. The zero-order valence-electron chi connectivity index (χ0n) is 15.1. The summed E-state index contributed by atoms with van der Waals surface area (Å²) in [4.78, 5) is 27.4. The molecule has 3 heterocycles. The second-order valence-corrected chi connectivity index (χ2v) is 7.34. The lowest BCUT2D eigenvalue weighted by molar-refractivity contribution is 0.726. The van der Waals surface area contributed by atoms with Crippen LogP contribution in [0.3, 0.4) is 0 Å². The lowest BCUT2D eigenvalue weighted by Crippen LogP contribution is -2.35. The van der Waals surface area contributed by atoms with Gasteiger partial charge in [0, 0.05) is 42.4 Å². The van der Waals surface area contributed by atoms with Crippen LogP contribution in [0.4, 0.5) is 5.95 Å². The molecule has 0 spiro atoms. The van der Waals surface area contributed by atoms with Gasteiger partial charge in [0.2, 0.25) is 5.95 Å². The third-order valence-corrected chi connectivity index (χ3v) is 5.23. The van der Waals surface area contributed by atoms with Gasteiger partial charge in [-0.05, 0) is 41.8 Å². The topological polar surface area (TPSA) is 63.9 Å². The molecule has 0 atom stereocenters. The minimum atomic E-state index is -0.143. The smallest absolute Gasteiger partial charge is 0.255 e. The van der Waals surface area contributed by atoms with Crippen molar-refractivity contribution in [3.63, 3.8) is 0 Å². The van der Waals surface area contributed by atoms with E-state index in [1.807, 2.05) is 6.07 Å². The van der Waals surface area contributed by atoms with E-state index in [4.69, 9.17) is 28.2 Å². The summed E-state index contributed by atoms with van der Waals surface area (Å²) in [7, 11) is 1.72. The number of rotatable bonds is 3. The molecule has 3 aromatic rings. The molecular formula is C20H17Cl2N5O. The molecular weight excluding hydrogens is 397 g/mol. The summed E-state index contributed by atoms with van der Waals surface area (Å²) in [5.41, 5.74) is 2.95. The monoisotopic (exact) mass is 413 g/mol. The third-order valence-electron chi connectivity index (χ3n) is 4.66. The van der Waals surface area contributed by atoms with Crippen LogP contribution in [-0.2, 0) is 7.05 Å². The summed E-state index contributed by atoms with van der Waals surface area (Å²) in [6.07, 6.45) is 6.04. The van der Waals surface area contributed by atoms with Gasteiger partial charge in [0.05, 0.1) is 11.4 Å². The highest BCUT2D eigenvalue weighted by Crippen LogP contribution is 2.31. The highest BCUT2D eigenvalue weighted by Gasteiger charge is 2.21. The van der Waals surface area contributed by atoms with Crippen LogP contribution < -0.4 is 10.5 Å². The Morgan fingerprint density at radius 3 is 2.75 bits per heavy atom. The molecule has 0 saturated carbocycles. The molecule has 8 heteroatoms. The van der Waals surface area contributed by atoms with Crippen LogP contribution in [0.1, 0.15) is 12.0 Å². The molecule has 0 saturated heterocycles. The Balaban J connectivity index is 1.72. The van der Waals surface area contributed by atoms with Crippen LogP contribution in [0, 0.1) is 0 Å².